The summed E-state index contributed by atoms with van der Waals surface area (Å²) in [4.78, 5) is 11.5. The maximum Gasteiger partial charge on any atom is 0.416 e. The third-order valence-electron chi connectivity index (χ3n) is 2.50. The third kappa shape index (κ3) is 1.63. The standard InChI is InChI=1S/C10H10F3NO2/c1-2-14-9(15)7-5-3-4-6(16-5)8(7)10(11,12)13/h3-6H,2H2,1H3,(H,14,15). The van der Waals surface area contributed by atoms with Gasteiger partial charge in [0.2, 0.25) is 0 Å². The number of fused-ring (bicyclic) bond motifs is 2. The highest BCUT2D eigenvalue weighted by atomic mass is 19.4. The molecule has 2 aliphatic heterocycles. The minimum atomic E-state index is -4.52. The van der Waals surface area contributed by atoms with Crippen LogP contribution in [0, 0.1) is 0 Å². The number of likely N-dealkylation sites (N-methyl/N-ethyl adjacent to an activating group) is 1. The lowest BCUT2D eigenvalue weighted by molar-refractivity contribution is -0.119. The fourth-order valence-corrected chi connectivity index (χ4v) is 1.91. The molecule has 0 spiro atoms. The van der Waals surface area contributed by atoms with Gasteiger partial charge in [0, 0.05) is 6.54 Å². The Morgan fingerprint density at radius 3 is 2.62 bits per heavy atom. The zero-order valence-corrected chi connectivity index (χ0v) is 8.47. The average molecular weight is 233 g/mol. The molecule has 2 bridgehead atoms. The lowest BCUT2D eigenvalue weighted by Crippen LogP contribution is -2.31. The van der Waals surface area contributed by atoms with Crippen molar-refractivity contribution < 1.29 is 22.7 Å². The lowest BCUT2D eigenvalue weighted by Gasteiger charge is -2.15. The Morgan fingerprint density at radius 1 is 1.44 bits per heavy atom. The summed E-state index contributed by atoms with van der Waals surface area (Å²) in [5, 5.41) is 2.36. The van der Waals surface area contributed by atoms with Crippen LogP contribution < -0.4 is 5.32 Å². The van der Waals surface area contributed by atoms with Gasteiger partial charge in [-0.15, -0.1) is 0 Å². The topological polar surface area (TPSA) is 38.3 Å². The summed E-state index contributed by atoms with van der Waals surface area (Å²) in [6, 6.07) is 0. The molecule has 1 amide bonds. The summed E-state index contributed by atoms with van der Waals surface area (Å²) in [6.45, 7) is 1.93. The van der Waals surface area contributed by atoms with E-state index in [1.165, 1.54) is 12.2 Å². The summed E-state index contributed by atoms with van der Waals surface area (Å²) in [6.07, 6.45) is -3.69. The normalized spacial score (nSPS) is 27.8. The van der Waals surface area contributed by atoms with Gasteiger partial charge in [-0.1, -0.05) is 12.2 Å². The fraction of sp³-hybridized carbons (Fsp3) is 0.500. The number of nitrogens with one attached hydrogen (secondary N) is 1. The Morgan fingerprint density at radius 2 is 2.06 bits per heavy atom. The van der Waals surface area contributed by atoms with Crippen LogP contribution in [0.3, 0.4) is 0 Å². The van der Waals surface area contributed by atoms with Crippen LogP contribution >= 0.6 is 0 Å². The van der Waals surface area contributed by atoms with Gasteiger partial charge in [0.1, 0.15) is 12.2 Å². The van der Waals surface area contributed by atoms with Crippen molar-refractivity contribution >= 4 is 5.91 Å². The van der Waals surface area contributed by atoms with Crippen LogP contribution in [-0.4, -0.2) is 30.8 Å². The molecule has 1 N–H and O–H groups in total. The van der Waals surface area contributed by atoms with E-state index < -0.39 is 29.9 Å². The minimum absolute atomic E-state index is 0.286. The number of rotatable bonds is 2. The quantitative estimate of drug-likeness (QED) is 0.730. The zero-order chi connectivity index (χ0) is 11.9. The van der Waals surface area contributed by atoms with Gasteiger partial charge < -0.3 is 10.1 Å². The van der Waals surface area contributed by atoms with E-state index in [4.69, 9.17) is 4.74 Å². The van der Waals surface area contributed by atoms with Gasteiger partial charge in [-0.25, -0.2) is 0 Å². The number of amides is 1. The monoisotopic (exact) mass is 233 g/mol. The first kappa shape index (κ1) is 11.2. The van der Waals surface area contributed by atoms with E-state index in [9.17, 15) is 18.0 Å². The molecule has 2 unspecified atom stereocenters. The summed E-state index contributed by atoms with van der Waals surface area (Å²) < 4.78 is 43.2. The van der Waals surface area contributed by atoms with E-state index in [0.717, 1.165) is 0 Å². The number of hydrogen-bond acceptors (Lipinski definition) is 2. The second-order valence-electron chi connectivity index (χ2n) is 3.55. The lowest BCUT2D eigenvalue weighted by atomic mass is 9.96. The molecule has 6 heteroatoms. The Bertz CT molecular complexity index is 384. The van der Waals surface area contributed by atoms with Crippen molar-refractivity contribution in [2.24, 2.45) is 0 Å². The highest BCUT2D eigenvalue weighted by molar-refractivity contribution is 5.97. The van der Waals surface area contributed by atoms with Gasteiger partial charge in [0.15, 0.2) is 0 Å². The number of carbonyl (C=O) groups excluding carboxylic acids is 1. The summed E-state index contributed by atoms with van der Waals surface area (Å²) in [5.41, 5.74) is -1.17. The van der Waals surface area contributed by atoms with E-state index in [-0.39, 0.29) is 12.1 Å². The third-order valence-corrected chi connectivity index (χ3v) is 2.50. The van der Waals surface area contributed by atoms with E-state index in [0.29, 0.717) is 0 Å². The molecule has 2 atom stereocenters. The van der Waals surface area contributed by atoms with E-state index in [1.54, 1.807) is 6.92 Å². The zero-order valence-electron chi connectivity index (χ0n) is 8.47. The van der Waals surface area contributed by atoms with Gasteiger partial charge in [-0.2, -0.15) is 13.2 Å². The van der Waals surface area contributed by atoms with E-state index in [2.05, 4.69) is 5.32 Å². The molecule has 0 aromatic rings. The minimum Gasteiger partial charge on any atom is -0.357 e. The van der Waals surface area contributed by atoms with Crippen molar-refractivity contribution in [1.29, 1.82) is 0 Å². The van der Waals surface area contributed by atoms with Crippen molar-refractivity contribution in [2.45, 2.75) is 25.3 Å². The molecular weight excluding hydrogens is 223 g/mol. The smallest absolute Gasteiger partial charge is 0.357 e. The van der Waals surface area contributed by atoms with Crippen LogP contribution in [0.2, 0.25) is 0 Å². The van der Waals surface area contributed by atoms with Crippen LogP contribution in [0.15, 0.2) is 23.3 Å². The molecule has 2 heterocycles. The van der Waals surface area contributed by atoms with Crippen LogP contribution in [0.5, 0.6) is 0 Å². The van der Waals surface area contributed by atoms with Crippen molar-refractivity contribution in [3.8, 4) is 0 Å². The largest absolute Gasteiger partial charge is 0.416 e. The maximum atomic E-state index is 12.7. The number of hydrogen-bond donors (Lipinski definition) is 1. The first-order valence-corrected chi connectivity index (χ1v) is 4.88. The molecule has 0 aromatic carbocycles. The predicted octanol–water partition coefficient (Wildman–Crippen LogP) is 1.32. The molecule has 3 nitrogen and oxygen atoms in total. The Balaban J connectivity index is 2.37. The molecule has 16 heavy (non-hydrogen) atoms. The van der Waals surface area contributed by atoms with Crippen molar-refractivity contribution in [1.82, 2.24) is 5.32 Å². The van der Waals surface area contributed by atoms with Crippen molar-refractivity contribution in [3.05, 3.63) is 23.3 Å². The summed E-state index contributed by atoms with van der Waals surface area (Å²) >= 11 is 0. The Kier molecular flexibility index (Phi) is 2.53. The average Bonchev–Trinajstić information content (AvgIpc) is 2.74. The first-order valence-electron chi connectivity index (χ1n) is 4.88. The SMILES string of the molecule is CCNC(=O)C1=C(C(F)(F)F)C2C=CC1O2. The molecule has 0 saturated carbocycles. The molecule has 0 fully saturated rings. The molecule has 0 radical (unpaired) electrons. The van der Waals surface area contributed by atoms with Gasteiger partial charge in [0.25, 0.3) is 5.91 Å². The number of ether oxygens (including phenoxy) is 1. The first-order chi connectivity index (χ1) is 7.45. The number of halogens is 3. The Labute approximate surface area is 90.0 Å². The molecule has 2 aliphatic rings. The predicted molar refractivity (Wildman–Crippen MR) is 49.6 cm³/mol. The second-order valence-corrected chi connectivity index (χ2v) is 3.55. The van der Waals surface area contributed by atoms with Crippen LogP contribution in [0.1, 0.15) is 6.92 Å². The van der Waals surface area contributed by atoms with E-state index in [1.807, 2.05) is 0 Å². The van der Waals surface area contributed by atoms with Gasteiger partial charge in [-0.3, -0.25) is 4.79 Å². The summed E-state index contributed by atoms with van der Waals surface area (Å²) in [5.74, 6) is -0.702. The summed E-state index contributed by atoms with van der Waals surface area (Å²) in [7, 11) is 0. The van der Waals surface area contributed by atoms with Crippen LogP contribution in [0.4, 0.5) is 13.2 Å². The molecule has 0 aliphatic carbocycles. The Hall–Kier alpha value is -1.30. The molecular formula is C10H10F3NO2. The highest BCUT2D eigenvalue weighted by Crippen LogP contribution is 2.43. The van der Waals surface area contributed by atoms with Crippen LogP contribution in [0.25, 0.3) is 0 Å². The molecule has 2 rings (SSSR count). The van der Waals surface area contributed by atoms with Crippen LogP contribution in [-0.2, 0) is 9.53 Å². The van der Waals surface area contributed by atoms with Crippen molar-refractivity contribution in [2.75, 3.05) is 6.54 Å². The molecule has 0 saturated heterocycles. The molecule has 0 aromatic heterocycles. The van der Waals surface area contributed by atoms with Gasteiger partial charge in [-0.05, 0) is 6.92 Å². The second kappa shape index (κ2) is 3.62. The van der Waals surface area contributed by atoms with Crippen molar-refractivity contribution in [3.63, 3.8) is 0 Å². The van der Waals surface area contributed by atoms with E-state index >= 15 is 0 Å². The number of carbonyl (C=O) groups is 1. The fourth-order valence-electron chi connectivity index (χ4n) is 1.91. The molecule has 88 valence electrons. The van der Waals surface area contributed by atoms with Gasteiger partial charge in [0.05, 0.1) is 11.1 Å². The highest BCUT2D eigenvalue weighted by Gasteiger charge is 2.51. The number of alkyl halides is 3. The van der Waals surface area contributed by atoms with Gasteiger partial charge >= 0.3 is 6.18 Å². The maximum absolute atomic E-state index is 12.7.